The van der Waals surface area contributed by atoms with E-state index in [1.807, 2.05) is 26.8 Å². The molecular weight excluding hydrogens is 192 g/mol. The zero-order chi connectivity index (χ0) is 11.0. The molecule has 0 aliphatic carbocycles. The maximum absolute atomic E-state index is 11.6. The Kier molecular flexibility index (Phi) is 2.34. The van der Waals surface area contributed by atoms with Crippen LogP contribution in [0.2, 0.25) is 0 Å². The third-order valence-corrected chi connectivity index (χ3v) is 2.49. The first kappa shape index (κ1) is 9.96. The molecule has 1 aromatic heterocycles. The van der Waals surface area contributed by atoms with Crippen molar-refractivity contribution in [1.82, 2.24) is 5.32 Å². The summed E-state index contributed by atoms with van der Waals surface area (Å²) in [5.41, 5.74) is 0.985. The lowest BCUT2D eigenvalue weighted by Gasteiger charge is -2.06. The summed E-state index contributed by atoms with van der Waals surface area (Å²) >= 11 is 0. The van der Waals surface area contributed by atoms with Gasteiger partial charge in [0, 0.05) is 0 Å². The summed E-state index contributed by atoms with van der Waals surface area (Å²) in [6, 6.07) is 1.57. The highest BCUT2D eigenvalue weighted by Gasteiger charge is 2.30. The molecule has 15 heavy (non-hydrogen) atoms. The summed E-state index contributed by atoms with van der Waals surface area (Å²) in [5.74, 6) is 1.38. The number of amidine groups is 1. The molecule has 0 spiro atoms. The second-order valence-corrected chi connectivity index (χ2v) is 4.09. The molecule has 80 valence electrons. The summed E-state index contributed by atoms with van der Waals surface area (Å²) in [6.07, 6.45) is 1.60. The van der Waals surface area contributed by atoms with Crippen molar-refractivity contribution in [2.24, 2.45) is 10.9 Å². The quantitative estimate of drug-likeness (QED) is 0.797. The molecule has 1 N–H and O–H groups in total. The Morgan fingerprint density at radius 2 is 2.27 bits per heavy atom. The monoisotopic (exact) mass is 206 g/mol. The minimum Gasteiger partial charge on any atom is -0.461 e. The van der Waals surface area contributed by atoms with Gasteiger partial charge in [-0.25, -0.2) is 0 Å². The van der Waals surface area contributed by atoms with E-state index in [1.54, 1.807) is 6.26 Å². The highest BCUT2D eigenvalue weighted by atomic mass is 16.3. The highest BCUT2D eigenvalue weighted by Crippen LogP contribution is 2.17. The largest absolute Gasteiger partial charge is 0.461 e. The number of carbonyl (C=O) groups excluding carboxylic acids is 1. The van der Waals surface area contributed by atoms with Crippen LogP contribution in [0, 0.1) is 12.8 Å². The number of amides is 1. The van der Waals surface area contributed by atoms with Crippen LogP contribution in [0.5, 0.6) is 0 Å². The van der Waals surface area contributed by atoms with Gasteiger partial charge in [0.15, 0.2) is 11.6 Å². The van der Waals surface area contributed by atoms with Gasteiger partial charge < -0.3 is 9.73 Å². The first-order valence-electron chi connectivity index (χ1n) is 5.02. The number of nitrogens with one attached hydrogen (secondary N) is 1. The number of aryl methyl sites for hydroxylation is 1. The summed E-state index contributed by atoms with van der Waals surface area (Å²) in [4.78, 5) is 15.9. The van der Waals surface area contributed by atoms with Crippen LogP contribution in [0.3, 0.4) is 0 Å². The minimum atomic E-state index is -0.288. The molecule has 0 saturated carbocycles. The van der Waals surface area contributed by atoms with Crippen LogP contribution in [0.4, 0.5) is 0 Å². The Morgan fingerprint density at radius 3 is 2.73 bits per heavy atom. The third kappa shape index (κ3) is 1.67. The molecule has 2 rings (SSSR count). The molecule has 4 heteroatoms. The van der Waals surface area contributed by atoms with Gasteiger partial charge in [0.05, 0.1) is 6.26 Å². The van der Waals surface area contributed by atoms with Gasteiger partial charge in [0.2, 0.25) is 0 Å². The van der Waals surface area contributed by atoms with Crippen LogP contribution in [0.1, 0.15) is 25.2 Å². The fraction of sp³-hybridized carbons (Fsp3) is 0.455. The van der Waals surface area contributed by atoms with Gasteiger partial charge in [0.25, 0.3) is 5.91 Å². The average Bonchev–Trinajstić information content (AvgIpc) is 2.71. The maximum atomic E-state index is 11.6. The molecule has 0 saturated heterocycles. The lowest BCUT2D eigenvalue weighted by Crippen LogP contribution is -2.31. The van der Waals surface area contributed by atoms with Gasteiger partial charge in [-0.2, -0.15) is 0 Å². The van der Waals surface area contributed by atoms with Gasteiger partial charge in [-0.3, -0.25) is 9.79 Å². The smallest absolute Gasteiger partial charge is 0.250 e. The normalized spacial score (nSPS) is 20.7. The van der Waals surface area contributed by atoms with Crippen molar-refractivity contribution in [1.29, 1.82) is 0 Å². The summed E-state index contributed by atoms with van der Waals surface area (Å²) in [6.45, 7) is 5.88. The van der Waals surface area contributed by atoms with Crippen molar-refractivity contribution < 1.29 is 9.21 Å². The Labute approximate surface area is 88.4 Å². The molecule has 4 nitrogen and oxygen atoms in total. The summed E-state index contributed by atoms with van der Waals surface area (Å²) < 4.78 is 5.28. The number of nitrogens with zero attached hydrogens (tertiary/aromatic N) is 1. The molecule has 2 heterocycles. The van der Waals surface area contributed by atoms with E-state index in [-0.39, 0.29) is 17.9 Å². The standard InChI is InChI=1S/C11H14N2O2/c1-6(2)8-11(14)13-10(12-8)9-7(3)4-5-15-9/h4-6,8H,1-3H3,(H,12,13,14). The lowest BCUT2D eigenvalue weighted by atomic mass is 10.1. The maximum Gasteiger partial charge on any atom is 0.250 e. The summed E-state index contributed by atoms with van der Waals surface area (Å²) in [7, 11) is 0. The van der Waals surface area contributed by atoms with E-state index in [2.05, 4.69) is 10.3 Å². The highest BCUT2D eigenvalue weighted by molar-refractivity contribution is 6.13. The first-order chi connectivity index (χ1) is 7.09. The van der Waals surface area contributed by atoms with Crippen molar-refractivity contribution in [2.75, 3.05) is 0 Å². The first-order valence-corrected chi connectivity index (χ1v) is 5.02. The second kappa shape index (κ2) is 3.53. The second-order valence-electron chi connectivity index (χ2n) is 4.09. The number of rotatable bonds is 2. The Balaban J connectivity index is 2.30. The number of furan rings is 1. The molecule has 0 fully saturated rings. The SMILES string of the molecule is Cc1ccoc1C1=NC(C(C)C)C(=O)N1. The zero-order valence-corrected chi connectivity index (χ0v) is 9.07. The molecule has 1 unspecified atom stereocenters. The minimum absolute atomic E-state index is 0.0456. The Bertz CT molecular complexity index is 418. The van der Waals surface area contributed by atoms with E-state index in [1.165, 1.54) is 0 Å². The molecule has 1 aliphatic heterocycles. The number of aliphatic imine (C=N–C) groups is 1. The van der Waals surface area contributed by atoms with Crippen molar-refractivity contribution in [3.63, 3.8) is 0 Å². The van der Waals surface area contributed by atoms with Crippen LogP contribution in [0.15, 0.2) is 21.7 Å². The predicted molar refractivity (Wildman–Crippen MR) is 56.8 cm³/mol. The van der Waals surface area contributed by atoms with Gasteiger partial charge in [-0.1, -0.05) is 13.8 Å². The molecule has 1 aromatic rings. The van der Waals surface area contributed by atoms with Gasteiger partial charge in [0.1, 0.15) is 6.04 Å². The van der Waals surface area contributed by atoms with Crippen LogP contribution >= 0.6 is 0 Å². The molecule has 1 aliphatic rings. The molecular formula is C11H14N2O2. The van der Waals surface area contributed by atoms with Crippen molar-refractivity contribution in [3.8, 4) is 0 Å². The summed E-state index contributed by atoms with van der Waals surface area (Å²) in [5, 5.41) is 2.75. The Hall–Kier alpha value is -1.58. The Morgan fingerprint density at radius 1 is 1.53 bits per heavy atom. The zero-order valence-electron chi connectivity index (χ0n) is 9.07. The molecule has 0 bridgehead atoms. The molecule has 1 atom stereocenters. The average molecular weight is 206 g/mol. The van der Waals surface area contributed by atoms with Crippen LogP contribution in [-0.4, -0.2) is 17.8 Å². The molecule has 0 aromatic carbocycles. The van der Waals surface area contributed by atoms with Crippen LogP contribution in [-0.2, 0) is 4.79 Å². The third-order valence-electron chi connectivity index (χ3n) is 2.49. The van der Waals surface area contributed by atoms with Gasteiger partial charge in [-0.15, -0.1) is 0 Å². The fourth-order valence-electron chi connectivity index (χ4n) is 1.60. The van der Waals surface area contributed by atoms with E-state index < -0.39 is 0 Å². The molecule has 0 radical (unpaired) electrons. The fourth-order valence-corrected chi connectivity index (χ4v) is 1.60. The number of carbonyl (C=O) groups is 1. The van der Waals surface area contributed by atoms with E-state index in [9.17, 15) is 4.79 Å². The number of hydrogen-bond acceptors (Lipinski definition) is 3. The predicted octanol–water partition coefficient (Wildman–Crippen LogP) is 1.49. The van der Waals surface area contributed by atoms with Crippen molar-refractivity contribution in [2.45, 2.75) is 26.8 Å². The van der Waals surface area contributed by atoms with E-state index >= 15 is 0 Å². The van der Waals surface area contributed by atoms with E-state index in [0.29, 0.717) is 11.6 Å². The number of hydrogen-bond donors (Lipinski definition) is 1. The van der Waals surface area contributed by atoms with Crippen molar-refractivity contribution in [3.05, 3.63) is 23.7 Å². The molecule has 1 amide bonds. The van der Waals surface area contributed by atoms with E-state index in [4.69, 9.17) is 4.42 Å². The van der Waals surface area contributed by atoms with Crippen molar-refractivity contribution >= 4 is 11.7 Å². The lowest BCUT2D eigenvalue weighted by molar-refractivity contribution is -0.120. The van der Waals surface area contributed by atoms with Crippen LogP contribution < -0.4 is 5.32 Å². The van der Waals surface area contributed by atoms with E-state index in [0.717, 1.165) is 5.56 Å². The van der Waals surface area contributed by atoms with Crippen LogP contribution in [0.25, 0.3) is 0 Å². The topological polar surface area (TPSA) is 54.6 Å². The van der Waals surface area contributed by atoms with Gasteiger partial charge >= 0.3 is 0 Å². The van der Waals surface area contributed by atoms with Gasteiger partial charge in [-0.05, 0) is 24.5 Å².